The average Bonchev–Trinajstić information content (AvgIpc) is 3.39. The number of carbonyl (C=O) groups excluding carboxylic acids is 2. The summed E-state index contributed by atoms with van der Waals surface area (Å²) >= 11 is 1.53. The Morgan fingerprint density at radius 3 is 2.81 bits per heavy atom. The zero-order valence-corrected chi connectivity index (χ0v) is 15.7. The Hall–Kier alpha value is -2.21. The summed E-state index contributed by atoms with van der Waals surface area (Å²) in [6.07, 6.45) is 5.77. The molecule has 26 heavy (non-hydrogen) atoms. The molecular weight excluding hydrogens is 346 g/mol. The van der Waals surface area contributed by atoms with Crippen molar-refractivity contribution >= 4 is 29.0 Å². The van der Waals surface area contributed by atoms with E-state index in [2.05, 4.69) is 16.4 Å². The molecule has 2 fully saturated rings. The SMILES string of the molecule is Cc1ccc(NC(=O)C2CCCN(C(=O)c3sccc3C3CC3)C2)nc1. The number of hydrogen-bond donors (Lipinski definition) is 1. The number of pyridine rings is 1. The molecule has 1 unspecified atom stereocenters. The van der Waals surface area contributed by atoms with Gasteiger partial charge in [-0.25, -0.2) is 4.98 Å². The minimum atomic E-state index is -0.180. The van der Waals surface area contributed by atoms with Gasteiger partial charge in [-0.1, -0.05) is 6.07 Å². The molecule has 2 aliphatic rings. The van der Waals surface area contributed by atoms with Crippen molar-refractivity contribution in [3.8, 4) is 0 Å². The van der Waals surface area contributed by atoms with Crippen LogP contribution in [0.1, 0.15) is 52.4 Å². The molecule has 6 heteroatoms. The molecule has 1 N–H and O–H groups in total. The van der Waals surface area contributed by atoms with Crippen molar-refractivity contribution in [2.75, 3.05) is 18.4 Å². The topological polar surface area (TPSA) is 62.3 Å². The third kappa shape index (κ3) is 3.65. The van der Waals surface area contributed by atoms with E-state index in [1.165, 1.54) is 29.7 Å². The normalized spacial score (nSPS) is 20.0. The lowest BCUT2D eigenvalue weighted by molar-refractivity contribution is -0.121. The van der Waals surface area contributed by atoms with Crippen LogP contribution in [0.5, 0.6) is 0 Å². The van der Waals surface area contributed by atoms with Crippen LogP contribution in [-0.2, 0) is 4.79 Å². The van der Waals surface area contributed by atoms with E-state index in [-0.39, 0.29) is 17.7 Å². The Kier molecular flexibility index (Phi) is 4.76. The van der Waals surface area contributed by atoms with Crippen LogP contribution in [0.15, 0.2) is 29.8 Å². The summed E-state index contributed by atoms with van der Waals surface area (Å²) in [5.41, 5.74) is 2.26. The van der Waals surface area contributed by atoms with Gasteiger partial charge in [0.2, 0.25) is 5.91 Å². The number of carbonyl (C=O) groups is 2. The predicted molar refractivity (Wildman–Crippen MR) is 103 cm³/mol. The van der Waals surface area contributed by atoms with Crippen LogP contribution in [0.2, 0.25) is 0 Å². The molecule has 5 nitrogen and oxygen atoms in total. The second-order valence-corrected chi connectivity index (χ2v) is 8.20. The molecule has 4 rings (SSSR count). The van der Waals surface area contributed by atoms with E-state index in [0.717, 1.165) is 29.8 Å². The highest BCUT2D eigenvalue weighted by Gasteiger charge is 2.33. The largest absolute Gasteiger partial charge is 0.337 e. The molecular formula is C20H23N3O2S. The number of rotatable bonds is 4. The summed E-state index contributed by atoms with van der Waals surface area (Å²) in [4.78, 5) is 32.5. The van der Waals surface area contributed by atoms with Crippen molar-refractivity contribution in [3.05, 3.63) is 45.8 Å². The van der Waals surface area contributed by atoms with Crippen molar-refractivity contribution in [1.29, 1.82) is 0 Å². The Labute approximate surface area is 157 Å². The number of hydrogen-bond acceptors (Lipinski definition) is 4. The maximum atomic E-state index is 13.0. The van der Waals surface area contributed by atoms with Crippen molar-refractivity contribution in [3.63, 3.8) is 0 Å². The smallest absolute Gasteiger partial charge is 0.264 e. The van der Waals surface area contributed by atoms with E-state index in [1.807, 2.05) is 29.3 Å². The predicted octanol–water partition coefficient (Wildman–Crippen LogP) is 3.82. The van der Waals surface area contributed by atoms with E-state index in [1.54, 1.807) is 6.20 Å². The third-order valence-electron chi connectivity index (χ3n) is 5.15. The summed E-state index contributed by atoms with van der Waals surface area (Å²) in [7, 11) is 0. The number of nitrogens with one attached hydrogen (secondary N) is 1. The minimum Gasteiger partial charge on any atom is -0.337 e. The van der Waals surface area contributed by atoms with E-state index in [9.17, 15) is 9.59 Å². The van der Waals surface area contributed by atoms with Gasteiger partial charge in [0.15, 0.2) is 0 Å². The lowest BCUT2D eigenvalue weighted by Crippen LogP contribution is -2.43. The van der Waals surface area contributed by atoms with Crippen LogP contribution in [0, 0.1) is 12.8 Å². The van der Waals surface area contributed by atoms with Gasteiger partial charge in [-0.2, -0.15) is 0 Å². The zero-order chi connectivity index (χ0) is 18.1. The van der Waals surface area contributed by atoms with E-state index in [4.69, 9.17) is 0 Å². The van der Waals surface area contributed by atoms with Gasteiger partial charge >= 0.3 is 0 Å². The summed E-state index contributed by atoms with van der Waals surface area (Å²) in [5.74, 6) is 0.996. The fraction of sp³-hybridized carbons (Fsp3) is 0.450. The molecule has 3 heterocycles. The Bertz CT molecular complexity index is 811. The maximum Gasteiger partial charge on any atom is 0.264 e. The van der Waals surface area contributed by atoms with Gasteiger partial charge in [0.05, 0.1) is 10.8 Å². The van der Waals surface area contributed by atoms with Crippen LogP contribution >= 0.6 is 11.3 Å². The third-order valence-corrected chi connectivity index (χ3v) is 6.07. The number of piperidine rings is 1. The van der Waals surface area contributed by atoms with Gasteiger partial charge in [-0.05, 0) is 67.2 Å². The Balaban J connectivity index is 1.41. The number of thiophene rings is 1. The van der Waals surface area contributed by atoms with E-state index in [0.29, 0.717) is 18.3 Å². The quantitative estimate of drug-likeness (QED) is 0.891. The second-order valence-electron chi connectivity index (χ2n) is 7.28. The van der Waals surface area contributed by atoms with Crippen molar-refractivity contribution in [2.24, 2.45) is 5.92 Å². The van der Waals surface area contributed by atoms with Gasteiger partial charge in [-0.15, -0.1) is 11.3 Å². The first kappa shape index (κ1) is 17.2. The van der Waals surface area contributed by atoms with Gasteiger partial charge < -0.3 is 10.2 Å². The molecule has 0 radical (unpaired) electrons. The first-order valence-corrected chi connectivity index (χ1v) is 10.1. The first-order chi connectivity index (χ1) is 12.6. The first-order valence-electron chi connectivity index (χ1n) is 9.22. The van der Waals surface area contributed by atoms with Gasteiger partial charge in [0.25, 0.3) is 5.91 Å². The van der Waals surface area contributed by atoms with Crippen molar-refractivity contribution in [2.45, 2.75) is 38.5 Å². The molecule has 1 aliphatic heterocycles. The number of aromatic nitrogens is 1. The highest BCUT2D eigenvalue weighted by Crippen LogP contribution is 2.43. The molecule has 1 saturated carbocycles. The molecule has 1 aliphatic carbocycles. The average molecular weight is 369 g/mol. The molecule has 1 atom stereocenters. The van der Waals surface area contributed by atoms with Crippen molar-refractivity contribution < 1.29 is 9.59 Å². The number of nitrogens with zero attached hydrogens (tertiary/aromatic N) is 2. The Morgan fingerprint density at radius 1 is 1.23 bits per heavy atom. The van der Waals surface area contributed by atoms with Crippen LogP contribution in [0.3, 0.4) is 0 Å². The second kappa shape index (κ2) is 7.19. The molecule has 2 amide bonds. The molecule has 0 bridgehead atoms. The van der Waals surface area contributed by atoms with Gasteiger partial charge in [0.1, 0.15) is 5.82 Å². The van der Waals surface area contributed by atoms with Gasteiger partial charge in [-0.3, -0.25) is 9.59 Å². The number of aryl methyl sites for hydroxylation is 1. The molecule has 0 aromatic carbocycles. The lowest BCUT2D eigenvalue weighted by Gasteiger charge is -2.32. The minimum absolute atomic E-state index is 0.0487. The lowest BCUT2D eigenvalue weighted by atomic mass is 9.96. The molecule has 0 spiro atoms. The molecule has 2 aromatic rings. The van der Waals surface area contributed by atoms with Crippen molar-refractivity contribution in [1.82, 2.24) is 9.88 Å². The number of amides is 2. The van der Waals surface area contributed by atoms with Crippen LogP contribution in [0.25, 0.3) is 0 Å². The maximum absolute atomic E-state index is 13.0. The monoisotopic (exact) mass is 369 g/mol. The van der Waals surface area contributed by atoms with Gasteiger partial charge in [0, 0.05) is 19.3 Å². The van der Waals surface area contributed by atoms with Crippen LogP contribution < -0.4 is 5.32 Å². The van der Waals surface area contributed by atoms with Crippen LogP contribution in [0.4, 0.5) is 5.82 Å². The molecule has 1 saturated heterocycles. The highest BCUT2D eigenvalue weighted by atomic mass is 32.1. The fourth-order valence-electron chi connectivity index (χ4n) is 3.50. The summed E-state index contributed by atoms with van der Waals surface area (Å²) < 4.78 is 0. The van der Waals surface area contributed by atoms with E-state index < -0.39 is 0 Å². The fourth-order valence-corrected chi connectivity index (χ4v) is 4.45. The highest BCUT2D eigenvalue weighted by molar-refractivity contribution is 7.12. The Morgan fingerprint density at radius 2 is 2.08 bits per heavy atom. The van der Waals surface area contributed by atoms with Crippen LogP contribution in [-0.4, -0.2) is 34.8 Å². The summed E-state index contributed by atoms with van der Waals surface area (Å²) in [6.45, 7) is 3.18. The molecule has 136 valence electrons. The number of likely N-dealkylation sites (tertiary alicyclic amines) is 1. The zero-order valence-electron chi connectivity index (χ0n) is 14.9. The summed E-state index contributed by atoms with van der Waals surface area (Å²) in [5, 5.41) is 4.90. The summed E-state index contributed by atoms with van der Waals surface area (Å²) in [6, 6.07) is 5.83. The number of anilines is 1. The standard InChI is InChI=1S/C20H23N3O2S/c1-13-4-7-17(21-11-13)22-19(24)15-3-2-9-23(12-15)20(25)18-16(8-10-26-18)14-5-6-14/h4,7-8,10-11,14-15H,2-3,5-6,9,12H2,1H3,(H,21,22,24). The van der Waals surface area contributed by atoms with E-state index >= 15 is 0 Å². The molecule has 2 aromatic heterocycles.